The predicted octanol–water partition coefficient (Wildman–Crippen LogP) is 3.32. The Bertz CT molecular complexity index is 790. The van der Waals surface area contributed by atoms with Gasteiger partial charge < -0.3 is 0 Å². The molecule has 0 saturated carbocycles. The van der Waals surface area contributed by atoms with Crippen LogP contribution in [-0.2, 0) is 0 Å². The number of hydrogen-bond acceptors (Lipinski definition) is 0. The van der Waals surface area contributed by atoms with Crippen molar-refractivity contribution in [3.05, 3.63) is 78.1 Å². The molecular formula is C18H11FSe. The van der Waals surface area contributed by atoms with Gasteiger partial charge in [0.1, 0.15) is 0 Å². The van der Waals surface area contributed by atoms with E-state index in [2.05, 4.69) is 47.1 Å². The molecular weight excluding hydrogens is 314 g/mol. The molecule has 0 atom stereocenters. The van der Waals surface area contributed by atoms with Crippen LogP contribution in [0.1, 0.15) is 5.56 Å². The number of benzene rings is 3. The van der Waals surface area contributed by atoms with Gasteiger partial charge in [0.05, 0.1) is 0 Å². The number of fused-ring (bicyclic) bond motifs is 1. The molecule has 0 nitrogen and oxygen atoms in total. The third-order valence-corrected chi connectivity index (χ3v) is 4.59. The molecule has 96 valence electrons. The van der Waals surface area contributed by atoms with Gasteiger partial charge in [-0.3, -0.25) is 0 Å². The van der Waals surface area contributed by atoms with Gasteiger partial charge in [-0.05, 0) is 0 Å². The van der Waals surface area contributed by atoms with Crippen molar-refractivity contribution in [1.29, 1.82) is 0 Å². The summed E-state index contributed by atoms with van der Waals surface area (Å²) in [6, 6.07) is 20.9. The molecule has 0 aliphatic rings. The van der Waals surface area contributed by atoms with E-state index in [1.807, 2.05) is 6.07 Å². The molecule has 0 N–H and O–H groups in total. The van der Waals surface area contributed by atoms with Crippen LogP contribution < -0.4 is 4.46 Å². The molecule has 0 radical (unpaired) electrons. The van der Waals surface area contributed by atoms with Crippen molar-refractivity contribution in [2.75, 3.05) is 0 Å². The zero-order valence-corrected chi connectivity index (χ0v) is 12.4. The molecule has 3 aromatic rings. The van der Waals surface area contributed by atoms with Crippen LogP contribution in [0.25, 0.3) is 10.8 Å². The van der Waals surface area contributed by atoms with E-state index < -0.39 is 0 Å². The van der Waals surface area contributed by atoms with Crippen molar-refractivity contribution >= 4 is 30.2 Å². The molecule has 0 aliphatic carbocycles. The van der Waals surface area contributed by atoms with Crippen LogP contribution in [0.15, 0.2) is 66.7 Å². The summed E-state index contributed by atoms with van der Waals surface area (Å²) in [4.78, 5) is 3.22. The minimum atomic E-state index is -0.227. The molecule has 0 aromatic heterocycles. The Morgan fingerprint density at radius 1 is 0.800 bits per heavy atom. The van der Waals surface area contributed by atoms with E-state index in [1.165, 1.54) is 27.4 Å². The van der Waals surface area contributed by atoms with E-state index in [-0.39, 0.29) is 20.8 Å². The van der Waals surface area contributed by atoms with Crippen LogP contribution >= 0.6 is 0 Å². The standard InChI is InChI=1S/C18H11FSe/c19-16-10-8-14(9-11-16)12-13-20-18-7-3-5-15-4-1-2-6-17(15)18/h1-11H. The molecule has 0 heterocycles. The molecule has 0 amide bonds. The Hall–Kier alpha value is -2.07. The summed E-state index contributed by atoms with van der Waals surface area (Å²) >= 11 is 0.0925. The molecule has 3 aromatic carbocycles. The fourth-order valence-electron chi connectivity index (χ4n) is 1.96. The first-order valence-electron chi connectivity index (χ1n) is 6.24. The number of halogens is 1. The molecule has 0 spiro atoms. The van der Waals surface area contributed by atoms with Crippen molar-refractivity contribution in [2.45, 2.75) is 0 Å². The molecule has 20 heavy (non-hydrogen) atoms. The second-order valence-corrected chi connectivity index (χ2v) is 6.09. The Morgan fingerprint density at radius 3 is 2.40 bits per heavy atom. The molecule has 3 rings (SSSR count). The van der Waals surface area contributed by atoms with Crippen LogP contribution in [0.2, 0.25) is 0 Å². The van der Waals surface area contributed by atoms with Gasteiger partial charge in [-0.1, -0.05) is 0 Å². The van der Waals surface area contributed by atoms with Gasteiger partial charge in [0.15, 0.2) is 0 Å². The maximum absolute atomic E-state index is 12.8. The normalized spacial score (nSPS) is 10.1. The van der Waals surface area contributed by atoms with E-state index in [0.717, 1.165) is 5.56 Å². The zero-order valence-electron chi connectivity index (χ0n) is 10.6. The van der Waals surface area contributed by atoms with Crippen molar-refractivity contribution in [1.82, 2.24) is 0 Å². The van der Waals surface area contributed by atoms with Gasteiger partial charge >= 0.3 is 123 Å². The van der Waals surface area contributed by atoms with Crippen LogP contribution in [0.5, 0.6) is 0 Å². The zero-order chi connectivity index (χ0) is 13.8. The third-order valence-electron chi connectivity index (χ3n) is 2.95. The van der Waals surface area contributed by atoms with Crippen LogP contribution in [0, 0.1) is 16.6 Å². The van der Waals surface area contributed by atoms with Crippen molar-refractivity contribution < 1.29 is 4.39 Å². The fraction of sp³-hybridized carbons (Fsp3) is 0. The molecule has 0 bridgehead atoms. The molecule has 2 heteroatoms. The monoisotopic (exact) mass is 326 g/mol. The summed E-state index contributed by atoms with van der Waals surface area (Å²) < 4.78 is 14.1. The number of rotatable bonds is 1. The van der Waals surface area contributed by atoms with E-state index in [4.69, 9.17) is 0 Å². The molecule has 0 unspecified atom stereocenters. The SMILES string of the molecule is Fc1ccc(C#C[Se]c2cccc3ccccc23)cc1. The van der Waals surface area contributed by atoms with Crippen LogP contribution in [0.4, 0.5) is 4.39 Å². The van der Waals surface area contributed by atoms with Gasteiger partial charge in [0.2, 0.25) is 0 Å². The van der Waals surface area contributed by atoms with Crippen molar-refractivity contribution in [3.63, 3.8) is 0 Å². The quantitative estimate of drug-likeness (QED) is 0.476. The summed E-state index contributed by atoms with van der Waals surface area (Å²) in [5, 5.41) is 2.51. The topological polar surface area (TPSA) is 0 Å². The van der Waals surface area contributed by atoms with E-state index in [0.29, 0.717) is 0 Å². The Kier molecular flexibility index (Phi) is 3.83. The molecule has 0 aliphatic heterocycles. The first-order chi connectivity index (χ1) is 9.83. The Balaban J connectivity index is 1.86. The minimum absolute atomic E-state index is 0.0925. The third kappa shape index (κ3) is 2.91. The number of hydrogen-bond donors (Lipinski definition) is 0. The maximum atomic E-state index is 12.8. The first kappa shape index (κ1) is 12.9. The summed E-state index contributed by atoms with van der Waals surface area (Å²) in [6.45, 7) is 0. The fourth-order valence-corrected chi connectivity index (χ4v) is 3.47. The van der Waals surface area contributed by atoms with Gasteiger partial charge in [0, 0.05) is 0 Å². The van der Waals surface area contributed by atoms with E-state index in [1.54, 1.807) is 12.1 Å². The van der Waals surface area contributed by atoms with Crippen molar-refractivity contribution in [3.8, 4) is 10.7 Å². The second kappa shape index (κ2) is 5.92. The average molecular weight is 325 g/mol. The predicted molar refractivity (Wildman–Crippen MR) is 82.6 cm³/mol. The summed E-state index contributed by atoms with van der Waals surface area (Å²) in [7, 11) is 0. The van der Waals surface area contributed by atoms with Gasteiger partial charge in [-0.2, -0.15) is 0 Å². The summed E-state index contributed by atoms with van der Waals surface area (Å²) in [5.74, 6) is 2.87. The molecule has 0 fully saturated rings. The summed E-state index contributed by atoms with van der Waals surface area (Å²) in [6.07, 6.45) is 0. The van der Waals surface area contributed by atoms with E-state index >= 15 is 0 Å². The Labute approximate surface area is 123 Å². The average Bonchev–Trinajstić information content (AvgIpc) is 2.49. The second-order valence-electron chi connectivity index (χ2n) is 4.31. The van der Waals surface area contributed by atoms with Gasteiger partial charge in [-0.15, -0.1) is 0 Å². The van der Waals surface area contributed by atoms with Gasteiger partial charge in [-0.25, -0.2) is 0 Å². The molecule has 0 saturated heterocycles. The van der Waals surface area contributed by atoms with Gasteiger partial charge in [0.25, 0.3) is 0 Å². The van der Waals surface area contributed by atoms with Crippen molar-refractivity contribution in [2.24, 2.45) is 0 Å². The Morgan fingerprint density at radius 2 is 1.55 bits per heavy atom. The first-order valence-corrected chi connectivity index (χ1v) is 7.95. The summed E-state index contributed by atoms with van der Waals surface area (Å²) in [5.41, 5.74) is 0.855. The van der Waals surface area contributed by atoms with Crippen LogP contribution in [0.3, 0.4) is 0 Å². The van der Waals surface area contributed by atoms with E-state index in [9.17, 15) is 4.39 Å². The van der Waals surface area contributed by atoms with Crippen LogP contribution in [-0.4, -0.2) is 15.0 Å².